The Kier molecular flexibility index (Phi) is 6.94. The third-order valence-corrected chi connectivity index (χ3v) is 8.29. The number of fused-ring (bicyclic) bond motifs is 1. The van der Waals surface area contributed by atoms with Crippen molar-refractivity contribution >= 4 is 27.6 Å². The fraction of sp³-hybridized carbons (Fsp3) is 0.522. The Morgan fingerprint density at radius 2 is 1.91 bits per heavy atom. The number of anilines is 1. The van der Waals surface area contributed by atoms with Crippen molar-refractivity contribution in [2.24, 2.45) is 13.0 Å². The van der Waals surface area contributed by atoms with Gasteiger partial charge in [-0.15, -0.1) is 0 Å². The molecule has 2 aliphatic heterocycles. The number of carbonyl (C=O) groups excluding carboxylic acids is 2. The Morgan fingerprint density at radius 1 is 1.18 bits per heavy atom. The molecule has 0 N–H and O–H groups in total. The standard InChI is InChI=1S/C23H30N4O6S/c1-16-24-21(14-25(16)2)34(30,31)26-11-8-17(9-12-26)23(29)33-15-22(28)27-10-4-5-18-13-19(32-3)6-7-20(18)27/h6-7,13-14,17H,4-5,8-12,15H2,1-3H3. The van der Waals surface area contributed by atoms with Crippen LogP contribution in [0.1, 0.15) is 30.7 Å². The molecule has 0 atom stereocenters. The van der Waals surface area contributed by atoms with Crippen molar-refractivity contribution in [3.8, 4) is 5.75 Å². The summed E-state index contributed by atoms with van der Waals surface area (Å²) in [4.78, 5) is 31.2. The minimum Gasteiger partial charge on any atom is -0.497 e. The number of carbonyl (C=O) groups is 2. The molecule has 0 radical (unpaired) electrons. The average Bonchev–Trinajstić information content (AvgIpc) is 3.20. The average molecular weight is 491 g/mol. The molecule has 4 rings (SSSR count). The zero-order chi connectivity index (χ0) is 24.5. The lowest BCUT2D eigenvalue weighted by atomic mass is 9.98. The molecule has 0 spiro atoms. The number of benzene rings is 1. The molecular weight excluding hydrogens is 460 g/mol. The lowest BCUT2D eigenvalue weighted by molar-refractivity contribution is -0.153. The predicted molar refractivity (Wildman–Crippen MR) is 124 cm³/mol. The van der Waals surface area contributed by atoms with Crippen LogP contribution in [0.5, 0.6) is 5.75 Å². The number of aryl methyl sites for hydroxylation is 3. The molecule has 11 heteroatoms. The van der Waals surface area contributed by atoms with Crippen LogP contribution < -0.4 is 9.64 Å². The number of aromatic nitrogens is 2. The van der Waals surface area contributed by atoms with Gasteiger partial charge in [-0.1, -0.05) is 0 Å². The van der Waals surface area contributed by atoms with Crippen LogP contribution in [-0.4, -0.2) is 67.5 Å². The first-order chi connectivity index (χ1) is 16.2. The largest absolute Gasteiger partial charge is 0.497 e. The van der Waals surface area contributed by atoms with Gasteiger partial charge in [-0.2, -0.15) is 4.31 Å². The quantitative estimate of drug-likeness (QED) is 0.566. The maximum absolute atomic E-state index is 12.8. The molecule has 2 aromatic rings. The third kappa shape index (κ3) is 4.80. The zero-order valence-corrected chi connectivity index (χ0v) is 20.5. The molecule has 1 fully saturated rings. The molecule has 0 saturated carbocycles. The Morgan fingerprint density at radius 3 is 2.56 bits per heavy atom. The maximum atomic E-state index is 12.8. The molecule has 1 aromatic heterocycles. The summed E-state index contributed by atoms with van der Waals surface area (Å²) in [6.45, 7) is 2.37. The number of piperidine rings is 1. The summed E-state index contributed by atoms with van der Waals surface area (Å²) in [6.07, 6.45) is 3.85. The summed E-state index contributed by atoms with van der Waals surface area (Å²) in [5.41, 5.74) is 1.85. The van der Waals surface area contributed by atoms with Gasteiger partial charge in [0.1, 0.15) is 11.6 Å². The highest BCUT2D eigenvalue weighted by Gasteiger charge is 2.34. The highest BCUT2D eigenvalue weighted by molar-refractivity contribution is 7.89. The van der Waals surface area contributed by atoms with Crippen LogP contribution in [0, 0.1) is 12.8 Å². The van der Waals surface area contributed by atoms with Crippen LogP contribution in [0.15, 0.2) is 29.4 Å². The summed E-state index contributed by atoms with van der Waals surface area (Å²) < 4.78 is 39.3. The van der Waals surface area contributed by atoms with Gasteiger partial charge in [-0.3, -0.25) is 9.59 Å². The molecule has 34 heavy (non-hydrogen) atoms. The molecule has 10 nitrogen and oxygen atoms in total. The van der Waals surface area contributed by atoms with E-state index < -0.39 is 21.9 Å². The SMILES string of the molecule is COc1ccc2c(c1)CCCN2C(=O)COC(=O)C1CCN(S(=O)(=O)c2cn(C)c(C)n2)CC1. The Balaban J connectivity index is 1.31. The first-order valence-corrected chi connectivity index (χ1v) is 12.8. The molecule has 0 unspecified atom stereocenters. The number of imidazole rings is 1. The van der Waals surface area contributed by atoms with E-state index in [1.807, 2.05) is 18.2 Å². The predicted octanol–water partition coefficient (Wildman–Crippen LogP) is 1.66. The number of hydrogen-bond acceptors (Lipinski definition) is 7. The number of nitrogens with zero attached hydrogens (tertiary/aromatic N) is 4. The zero-order valence-electron chi connectivity index (χ0n) is 19.7. The summed E-state index contributed by atoms with van der Waals surface area (Å²) in [6, 6.07) is 5.59. The van der Waals surface area contributed by atoms with Gasteiger partial charge in [0.05, 0.1) is 13.0 Å². The Hall–Kier alpha value is -2.92. The fourth-order valence-electron chi connectivity index (χ4n) is 4.40. The minimum absolute atomic E-state index is 0.0126. The van der Waals surface area contributed by atoms with Crippen molar-refractivity contribution in [1.29, 1.82) is 0 Å². The van der Waals surface area contributed by atoms with Gasteiger partial charge in [0.25, 0.3) is 15.9 Å². The van der Waals surface area contributed by atoms with Crippen molar-refractivity contribution in [3.05, 3.63) is 35.8 Å². The molecule has 1 saturated heterocycles. The highest BCUT2D eigenvalue weighted by atomic mass is 32.2. The number of amides is 1. The lowest BCUT2D eigenvalue weighted by Crippen LogP contribution is -2.42. The van der Waals surface area contributed by atoms with Gasteiger partial charge in [0.15, 0.2) is 11.6 Å². The molecule has 0 bridgehead atoms. The van der Waals surface area contributed by atoms with E-state index in [1.165, 1.54) is 10.5 Å². The fourth-order valence-corrected chi connectivity index (χ4v) is 5.90. The van der Waals surface area contributed by atoms with Gasteiger partial charge in [0.2, 0.25) is 0 Å². The van der Waals surface area contributed by atoms with E-state index in [4.69, 9.17) is 9.47 Å². The van der Waals surface area contributed by atoms with E-state index in [0.717, 1.165) is 29.8 Å². The summed E-state index contributed by atoms with van der Waals surface area (Å²) in [5.74, 6) is 0.168. The second kappa shape index (κ2) is 9.75. The van der Waals surface area contributed by atoms with Gasteiger partial charge < -0.3 is 18.9 Å². The van der Waals surface area contributed by atoms with E-state index in [9.17, 15) is 18.0 Å². The normalized spacial score (nSPS) is 17.3. The number of sulfonamides is 1. The molecule has 1 aromatic carbocycles. The molecular formula is C23H30N4O6S. The van der Waals surface area contributed by atoms with E-state index >= 15 is 0 Å². The minimum atomic E-state index is -3.71. The van der Waals surface area contributed by atoms with Crippen LogP contribution in [0.25, 0.3) is 0 Å². The van der Waals surface area contributed by atoms with Crippen molar-refractivity contribution in [2.45, 2.75) is 37.6 Å². The van der Waals surface area contributed by atoms with Crippen molar-refractivity contribution in [2.75, 3.05) is 38.3 Å². The second-order valence-corrected chi connectivity index (χ2v) is 10.6. The van der Waals surface area contributed by atoms with Crippen LogP contribution in [-0.2, 0) is 37.8 Å². The summed E-state index contributed by atoms with van der Waals surface area (Å²) in [7, 11) is -0.363. The van der Waals surface area contributed by atoms with Gasteiger partial charge in [-0.25, -0.2) is 13.4 Å². The smallest absolute Gasteiger partial charge is 0.309 e. The topological polar surface area (TPSA) is 111 Å². The molecule has 0 aliphatic carbocycles. The van der Waals surface area contributed by atoms with Gasteiger partial charge in [-0.05, 0) is 56.4 Å². The first-order valence-electron chi connectivity index (χ1n) is 11.3. The highest BCUT2D eigenvalue weighted by Crippen LogP contribution is 2.31. The summed E-state index contributed by atoms with van der Waals surface area (Å²) >= 11 is 0. The van der Waals surface area contributed by atoms with Gasteiger partial charge >= 0.3 is 5.97 Å². The maximum Gasteiger partial charge on any atom is 0.309 e. The van der Waals surface area contributed by atoms with E-state index in [1.54, 1.807) is 30.5 Å². The van der Waals surface area contributed by atoms with E-state index in [2.05, 4.69) is 4.98 Å². The lowest BCUT2D eigenvalue weighted by Gasteiger charge is -2.31. The molecule has 2 aliphatic rings. The Labute approximate surface area is 199 Å². The van der Waals surface area contributed by atoms with E-state index in [-0.39, 0.29) is 30.6 Å². The summed E-state index contributed by atoms with van der Waals surface area (Å²) in [5, 5.41) is 0.0126. The third-order valence-electron chi connectivity index (χ3n) is 6.52. The van der Waals surface area contributed by atoms with Crippen LogP contribution in [0.4, 0.5) is 5.69 Å². The molecule has 184 valence electrons. The van der Waals surface area contributed by atoms with Crippen molar-refractivity contribution in [3.63, 3.8) is 0 Å². The van der Waals surface area contributed by atoms with Crippen molar-refractivity contribution < 1.29 is 27.5 Å². The Bertz CT molecular complexity index is 1160. The second-order valence-electron chi connectivity index (χ2n) is 8.67. The van der Waals surface area contributed by atoms with Crippen LogP contribution >= 0.6 is 0 Å². The number of esters is 1. The number of rotatable bonds is 6. The van der Waals surface area contributed by atoms with Crippen molar-refractivity contribution in [1.82, 2.24) is 13.9 Å². The molecule has 3 heterocycles. The first kappa shape index (κ1) is 24.2. The van der Waals surface area contributed by atoms with Gasteiger partial charge in [0, 0.05) is 38.6 Å². The number of hydrogen-bond donors (Lipinski definition) is 0. The monoisotopic (exact) mass is 490 g/mol. The molecule has 1 amide bonds. The van der Waals surface area contributed by atoms with Crippen LogP contribution in [0.2, 0.25) is 0 Å². The number of ether oxygens (including phenoxy) is 2. The van der Waals surface area contributed by atoms with E-state index in [0.29, 0.717) is 25.2 Å². The van der Waals surface area contributed by atoms with Crippen LogP contribution in [0.3, 0.4) is 0 Å². The number of methoxy groups -OCH3 is 1.